The van der Waals surface area contributed by atoms with Crippen molar-refractivity contribution in [1.29, 1.82) is 0 Å². The zero-order valence-electron chi connectivity index (χ0n) is 10.7. The Hall–Kier alpha value is -1.00. The molecule has 0 fully saturated rings. The summed E-state index contributed by atoms with van der Waals surface area (Å²) < 4.78 is 38.9. The van der Waals surface area contributed by atoms with E-state index in [9.17, 15) is 18.0 Å². The SMILES string of the molecule is C=CC[C@H](C(=O)N(C)C)[C@@H](C(C)C)C(F)(F)F. The minimum atomic E-state index is -4.37. The Bertz CT molecular complexity index is 271. The summed E-state index contributed by atoms with van der Waals surface area (Å²) in [6, 6.07) is 0. The predicted molar refractivity (Wildman–Crippen MR) is 61.4 cm³/mol. The summed E-state index contributed by atoms with van der Waals surface area (Å²) in [5.41, 5.74) is 0. The second kappa shape index (κ2) is 6.07. The Kier molecular flexibility index (Phi) is 5.72. The number of nitrogens with zero attached hydrogens (tertiary/aromatic N) is 1. The van der Waals surface area contributed by atoms with Crippen LogP contribution in [0.3, 0.4) is 0 Å². The monoisotopic (exact) mass is 251 g/mol. The van der Waals surface area contributed by atoms with E-state index in [1.165, 1.54) is 38.9 Å². The smallest absolute Gasteiger partial charge is 0.349 e. The van der Waals surface area contributed by atoms with Gasteiger partial charge in [-0.15, -0.1) is 6.58 Å². The highest BCUT2D eigenvalue weighted by molar-refractivity contribution is 5.78. The van der Waals surface area contributed by atoms with Crippen LogP contribution in [-0.4, -0.2) is 31.1 Å². The van der Waals surface area contributed by atoms with Gasteiger partial charge in [0.1, 0.15) is 0 Å². The fourth-order valence-electron chi connectivity index (χ4n) is 1.98. The average molecular weight is 251 g/mol. The van der Waals surface area contributed by atoms with Gasteiger partial charge in [-0.1, -0.05) is 19.9 Å². The highest BCUT2D eigenvalue weighted by Gasteiger charge is 2.48. The van der Waals surface area contributed by atoms with Crippen molar-refractivity contribution in [3.05, 3.63) is 12.7 Å². The van der Waals surface area contributed by atoms with E-state index >= 15 is 0 Å². The molecule has 0 N–H and O–H groups in total. The first-order valence-corrected chi connectivity index (χ1v) is 5.51. The van der Waals surface area contributed by atoms with Crippen molar-refractivity contribution in [3.63, 3.8) is 0 Å². The van der Waals surface area contributed by atoms with Gasteiger partial charge in [0.15, 0.2) is 0 Å². The third kappa shape index (κ3) is 4.40. The summed E-state index contributed by atoms with van der Waals surface area (Å²) in [6.45, 7) is 6.39. The van der Waals surface area contributed by atoms with Gasteiger partial charge in [-0.3, -0.25) is 4.79 Å². The molecule has 17 heavy (non-hydrogen) atoms. The molecule has 0 unspecified atom stereocenters. The van der Waals surface area contributed by atoms with Crippen LogP contribution in [0.4, 0.5) is 13.2 Å². The molecule has 0 saturated heterocycles. The number of hydrogen-bond acceptors (Lipinski definition) is 1. The minimum Gasteiger partial charge on any atom is -0.349 e. The topological polar surface area (TPSA) is 20.3 Å². The summed E-state index contributed by atoms with van der Waals surface area (Å²) >= 11 is 0. The maximum atomic E-state index is 13.0. The zero-order chi connectivity index (χ0) is 13.8. The van der Waals surface area contributed by atoms with Crippen molar-refractivity contribution >= 4 is 5.91 Å². The second-order valence-corrected chi connectivity index (χ2v) is 4.67. The normalized spacial score (nSPS) is 15.5. The Morgan fingerprint density at radius 2 is 1.82 bits per heavy atom. The quantitative estimate of drug-likeness (QED) is 0.687. The molecule has 0 heterocycles. The summed E-state index contributed by atoms with van der Waals surface area (Å²) in [7, 11) is 2.93. The Balaban J connectivity index is 5.24. The van der Waals surface area contributed by atoms with Gasteiger partial charge in [0.2, 0.25) is 5.91 Å². The van der Waals surface area contributed by atoms with Gasteiger partial charge < -0.3 is 4.90 Å². The average Bonchev–Trinajstić information content (AvgIpc) is 2.12. The number of rotatable bonds is 5. The van der Waals surface area contributed by atoms with E-state index in [2.05, 4.69) is 6.58 Å². The van der Waals surface area contributed by atoms with E-state index in [1.807, 2.05) is 0 Å². The number of halogens is 3. The molecule has 1 amide bonds. The molecule has 0 radical (unpaired) electrons. The maximum Gasteiger partial charge on any atom is 0.392 e. The van der Waals surface area contributed by atoms with Crippen LogP contribution in [-0.2, 0) is 4.79 Å². The van der Waals surface area contributed by atoms with Gasteiger partial charge in [0.25, 0.3) is 0 Å². The summed E-state index contributed by atoms with van der Waals surface area (Å²) in [4.78, 5) is 13.0. The van der Waals surface area contributed by atoms with Gasteiger partial charge in [0.05, 0.1) is 11.8 Å². The van der Waals surface area contributed by atoms with Crippen molar-refractivity contribution < 1.29 is 18.0 Å². The number of hydrogen-bond donors (Lipinski definition) is 0. The van der Waals surface area contributed by atoms with Crippen LogP contribution >= 0.6 is 0 Å². The lowest BCUT2D eigenvalue weighted by molar-refractivity contribution is -0.204. The van der Waals surface area contributed by atoms with Crippen molar-refractivity contribution in [2.75, 3.05) is 14.1 Å². The van der Waals surface area contributed by atoms with E-state index < -0.39 is 29.8 Å². The van der Waals surface area contributed by atoms with Crippen LogP contribution in [0.25, 0.3) is 0 Å². The lowest BCUT2D eigenvalue weighted by Crippen LogP contribution is -2.42. The standard InChI is InChI=1S/C12H20F3NO/c1-6-7-9(11(17)16(4)5)10(8(2)3)12(13,14)15/h6,8-10H,1,7H2,2-5H3/t9-,10+/m0/s1. The van der Waals surface area contributed by atoms with Gasteiger partial charge in [0, 0.05) is 14.1 Å². The first-order chi connectivity index (χ1) is 7.62. The minimum absolute atomic E-state index is 0.0410. The molecule has 0 spiro atoms. The summed E-state index contributed by atoms with van der Waals surface area (Å²) in [5, 5.41) is 0. The van der Waals surface area contributed by atoms with E-state index in [0.717, 1.165) is 0 Å². The second-order valence-electron chi connectivity index (χ2n) is 4.67. The number of carbonyl (C=O) groups is 1. The molecule has 0 bridgehead atoms. The van der Waals surface area contributed by atoms with E-state index in [1.54, 1.807) is 0 Å². The molecule has 100 valence electrons. The number of alkyl halides is 3. The molecule has 5 heteroatoms. The first kappa shape index (κ1) is 16.0. The van der Waals surface area contributed by atoms with Gasteiger partial charge in [-0.25, -0.2) is 0 Å². The largest absolute Gasteiger partial charge is 0.392 e. The van der Waals surface area contributed by atoms with Gasteiger partial charge >= 0.3 is 6.18 Å². The molecule has 0 aliphatic heterocycles. The lowest BCUT2D eigenvalue weighted by atomic mass is 9.80. The Morgan fingerprint density at radius 1 is 1.35 bits per heavy atom. The highest BCUT2D eigenvalue weighted by Crippen LogP contribution is 2.39. The van der Waals surface area contributed by atoms with Crippen LogP contribution in [0.15, 0.2) is 12.7 Å². The molecule has 0 aromatic carbocycles. The van der Waals surface area contributed by atoms with Gasteiger partial charge in [-0.2, -0.15) is 13.2 Å². The van der Waals surface area contributed by atoms with Gasteiger partial charge in [-0.05, 0) is 12.3 Å². The number of allylic oxidation sites excluding steroid dienone is 1. The van der Waals surface area contributed by atoms with Crippen LogP contribution < -0.4 is 0 Å². The first-order valence-electron chi connectivity index (χ1n) is 5.51. The van der Waals surface area contributed by atoms with Crippen molar-refractivity contribution in [1.82, 2.24) is 4.90 Å². The molecule has 0 rings (SSSR count). The summed E-state index contributed by atoms with van der Waals surface area (Å²) in [5.74, 6) is -3.84. The third-order valence-electron chi connectivity index (χ3n) is 2.71. The molecule has 0 saturated carbocycles. The molecule has 2 nitrogen and oxygen atoms in total. The molecular formula is C12H20F3NO. The molecule has 0 aliphatic rings. The molecule has 0 aliphatic carbocycles. The van der Waals surface area contributed by atoms with Crippen LogP contribution in [0, 0.1) is 17.8 Å². The van der Waals surface area contributed by atoms with Crippen molar-refractivity contribution in [2.45, 2.75) is 26.4 Å². The predicted octanol–water partition coefficient (Wildman–Crippen LogP) is 3.10. The maximum absolute atomic E-state index is 13.0. The van der Waals surface area contributed by atoms with Crippen LogP contribution in [0.1, 0.15) is 20.3 Å². The Labute approximate surface area is 100 Å². The van der Waals surface area contributed by atoms with Crippen molar-refractivity contribution in [3.8, 4) is 0 Å². The lowest BCUT2D eigenvalue weighted by Gasteiger charge is -2.32. The number of amides is 1. The third-order valence-corrected chi connectivity index (χ3v) is 2.71. The number of carbonyl (C=O) groups excluding carboxylic acids is 1. The molecular weight excluding hydrogens is 231 g/mol. The van der Waals surface area contributed by atoms with E-state index in [-0.39, 0.29) is 6.42 Å². The van der Waals surface area contributed by atoms with Crippen LogP contribution in [0.5, 0.6) is 0 Å². The van der Waals surface area contributed by atoms with Crippen molar-refractivity contribution in [2.24, 2.45) is 17.8 Å². The summed E-state index contributed by atoms with van der Waals surface area (Å²) in [6.07, 6.45) is -2.96. The fraction of sp³-hybridized carbons (Fsp3) is 0.750. The molecule has 2 atom stereocenters. The van der Waals surface area contributed by atoms with E-state index in [0.29, 0.717) is 0 Å². The molecule has 0 aromatic rings. The Morgan fingerprint density at radius 3 is 2.06 bits per heavy atom. The van der Waals surface area contributed by atoms with Crippen LogP contribution in [0.2, 0.25) is 0 Å². The molecule has 0 aromatic heterocycles. The fourth-order valence-corrected chi connectivity index (χ4v) is 1.98. The van der Waals surface area contributed by atoms with E-state index in [4.69, 9.17) is 0 Å². The zero-order valence-corrected chi connectivity index (χ0v) is 10.7. The highest BCUT2D eigenvalue weighted by atomic mass is 19.4.